The molecule has 4 aromatic rings. The van der Waals surface area contributed by atoms with E-state index in [0.717, 1.165) is 5.39 Å². The molecular formula is C27H24N2O5S. The molecule has 0 aliphatic rings. The highest BCUT2D eigenvalue weighted by atomic mass is 32.1. The second-order valence-corrected chi connectivity index (χ2v) is 8.41. The number of nitrogens with one attached hydrogen (secondary N) is 2. The smallest absolute Gasteiger partial charge is 0.344 e. The van der Waals surface area contributed by atoms with Crippen molar-refractivity contribution >= 4 is 39.9 Å². The Balaban J connectivity index is 1.53. The summed E-state index contributed by atoms with van der Waals surface area (Å²) in [6.45, 7) is 3.86. The van der Waals surface area contributed by atoms with Crippen molar-refractivity contribution in [2.24, 2.45) is 0 Å². The van der Waals surface area contributed by atoms with E-state index in [1.807, 2.05) is 32.0 Å². The molecule has 0 aliphatic carbocycles. The lowest BCUT2D eigenvalue weighted by atomic mass is 10.0. The van der Waals surface area contributed by atoms with Crippen LogP contribution in [0.15, 0.2) is 82.0 Å². The van der Waals surface area contributed by atoms with E-state index in [9.17, 15) is 9.59 Å². The van der Waals surface area contributed by atoms with Crippen LogP contribution in [-0.2, 0) is 0 Å². The SMILES string of the molecule is COc1ccc(-c2cc3ccccc3oc2=O)cc1NC(=S)NC(=O)c1ccc(OC(C)C)cc1. The molecule has 1 aromatic heterocycles. The van der Waals surface area contributed by atoms with Gasteiger partial charge >= 0.3 is 5.63 Å². The van der Waals surface area contributed by atoms with E-state index in [-0.39, 0.29) is 17.1 Å². The lowest BCUT2D eigenvalue weighted by molar-refractivity contribution is 0.0977. The second kappa shape index (κ2) is 10.4. The molecule has 8 heteroatoms. The third-order valence-corrected chi connectivity index (χ3v) is 5.32. The Kier molecular flexibility index (Phi) is 7.12. The van der Waals surface area contributed by atoms with Crippen molar-refractivity contribution in [3.05, 3.63) is 88.8 Å². The standard InChI is InChI=1S/C27H24N2O5S/c1-16(2)33-20-11-8-17(9-12-20)25(30)29-27(35)28-22-15-18(10-13-24(22)32-3)21-14-19-6-4-5-7-23(19)34-26(21)31/h4-16H,1-3H3,(H2,28,29,30,35). The molecule has 0 saturated heterocycles. The van der Waals surface area contributed by atoms with Gasteiger partial charge in [-0.1, -0.05) is 24.3 Å². The summed E-state index contributed by atoms with van der Waals surface area (Å²) >= 11 is 5.35. The van der Waals surface area contributed by atoms with E-state index >= 15 is 0 Å². The fraction of sp³-hybridized carbons (Fsp3) is 0.148. The second-order valence-electron chi connectivity index (χ2n) is 8.00. The van der Waals surface area contributed by atoms with Gasteiger partial charge in [0, 0.05) is 10.9 Å². The minimum absolute atomic E-state index is 0.0400. The van der Waals surface area contributed by atoms with Gasteiger partial charge < -0.3 is 19.2 Å². The Morgan fingerprint density at radius 2 is 1.74 bits per heavy atom. The summed E-state index contributed by atoms with van der Waals surface area (Å²) < 4.78 is 16.5. The van der Waals surface area contributed by atoms with Gasteiger partial charge in [0.2, 0.25) is 0 Å². The van der Waals surface area contributed by atoms with E-state index in [1.165, 1.54) is 7.11 Å². The zero-order chi connectivity index (χ0) is 24.9. The zero-order valence-electron chi connectivity index (χ0n) is 19.5. The van der Waals surface area contributed by atoms with Crippen molar-refractivity contribution in [1.82, 2.24) is 5.32 Å². The van der Waals surface area contributed by atoms with Crippen LogP contribution in [0.2, 0.25) is 0 Å². The molecule has 2 N–H and O–H groups in total. The Hall–Kier alpha value is -4.17. The predicted molar refractivity (Wildman–Crippen MR) is 140 cm³/mol. The van der Waals surface area contributed by atoms with Gasteiger partial charge in [-0.05, 0) is 80.2 Å². The van der Waals surface area contributed by atoms with Gasteiger partial charge in [0.15, 0.2) is 5.11 Å². The van der Waals surface area contributed by atoms with Crippen molar-refractivity contribution in [3.8, 4) is 22.6 Å². The third-order valence-electron chi connectivity index (χ3n) is 5.12. The normalized spacial score (nSPS) is 10.7. The largest absolute Gasteiger partial charge is 0.495 e. The van der Waals surface area contributed by atoms with Crippen LogP contribution in [0.25, 0.3) is 22.1 Å². The first-order valence-electron chi connectivity index (χ1n) is 10.9. The Labute approximate surface area is 207 Å². The molecule has 1 amide bonds. The maximum absolute atomic E-state index is 12.6. The molecule has 0 fully saturated rings. The summed E-state index contributed by atoms with van der Waals surface area (Å²) in [5.41, 5.74) is 1.99. The number of hydrogen-bond acceptors (Lipinski definition) is 6. The van der Waals surface area contributed by atoms with Crippen LogP contribution >= 0.6 is 12.2 Å². The highest BCUT2D eigenvalue weighted by Crippen LogP contribution is 2.30. The molecule has 1 heterocycles. The van der Waals surface area contributed by atoms with Crippen LogP contribution in [0.5, 0.6) is 11.5 Å². The predicted octanol–water partition coefficient (Wildman–Crippen LogP) is 5.38. The Morgan fingerprint density at radius 3 is 2.46 bits per heavy atom. The number of methoxy groups -OCH3 is 1. The molecule has 4 rings (SSSR count). The first-order valence-corrected chi connectivity index (χ1v) is 11.3. The van der Waals surface area contributed by atoms with Crippen LogP contribution < -0.4 is 25.7 Å². The molecule has 0 saturated carbocycles. The first kappa shape index (κ1) is 24.0. The van der Waals surface area contributed by atoms with Crippen LogP contribution in [0.3, 0.4) is 0 Å². The van der Waals surface area contributed by atoms with Crippen LogP contribution in [-0.4, -0.2) is 24.2 Å². The maximum atomic E-state index is 12.6. The van der Waals surface area contributed by atoms with E-state index in [0.29, 0.717) is 39.5 Å². The fourth-order valence-electron chi connectivity index (χ4n) is 3.52. The summed E-state index contributed by atoms with van der Waals surface area (Å²) in [6.07, 6.45) is 0.0400. The molecule has 0 unspecified atom stereocenters. The number of rotatable bonds is 6. The van der Waals surface area contributed by atoms with Gasteiger partial charge in [-0.2, -0.15) is 0 Å². The van der Waals surface area contributed by atoms with Gasteiger partial charge in [0.1, 0.15) is 17.1 Å². The quantitative estimate of drug-likeness (QED) is 0.278. The minimum atomic E-state index is -0.458. The molecule has 0 atom stereocenters. The molecule has 0 bridgehead atoms. The number of ether oxygens (including phenoxy) is 2. The van der Waals surface area contributed by atoms with Gasteiger partial charge in [-0.3, -0.25) is 10.1 Å². The lowest BCUT2D eigenvalue weighted by Gasteiger charge is -2.14. The lowest BCUT2D eigenvalue weighted by Crippen LogP contribution is -2.34. The molecule has 0 radical (unpaired) electrons. The van der Waals surface area contributed by atoms with Gasteiger partial charge in [-0.25, -0.2) is 4.79 Å². The Bertz CT molecular complexity index is 1440. The number of carbonyl (C=O) groups is 1. The number of benzene rings is 3. The topological polar surface area (TPSA) is 89.8 Å². The number of amides is 1. The van der Waals surface area contributed by atoms with Crippen molar-refractivity contribution in [2.75, 3.05) is 12.4 Å². The summed E-state index contributed by atoms with van der Waals surface area (Å²) in [4.78, 5) is 25.2. The summed E-state index contributed by atoms with van der Waals surface area (Å²) in [5.74, 6) is 0.798. The van der Waals surface area contributed by atoms with Gasteiger partial charge in [-0.15, -0.1) is 0 Å². The van der Waals surface area contributed by atoms with E-state index < -0.39 is 5.63 Å². The minimum Gasteiger partial charge on any atom is -0.495 e. The molecule has 0 spiro atoms. The van der Waals surface area contributed by atoms with Gasteiger partial charge in [0.25, 0.3) is 5.91 Å². The van der Waals surface area contributed by atoms with Crippen molar-refractivity contribution in [2.45, 2.75) is 20.0 Å². The Morgan fingerprint density at radius 1 is 1.00 bits per heavy atom. The molecule has 3 aromatic carbocycles. The molecule has 178 valence electrons. The monoisotopic (exact) mass is 488 g/mol. The van der Waals surface area contributed by atoms with E-state index in [1.54, 1.807) is 54.6 Å². The van der Waals surface area contributed by atoms with Crippen molar-refractivity contribution in [3.63, 3.8) is 0 Å². The number of para-hydroxylation sites is 1. The average Bonchev–Trinajstić information content (AvgIpc) is 2.83. The average molecular weight is 489 g/mol. The number of hydrogen-bond donors (Lipinski definition) is 2. The van der Waals surface area contributed by atoms with Gasteiger partial charge in [0.05, 0.1) is 24.5 Å². The fourth-order valence-corrected chi connectivity index (χ4v) is 3.72. The number of thiocarbonyl (C=S) groups is 1. The van der Waals surface area contributed by atoms with E-state index in [4.69, 9.17) is 26.1 Å². The summed E-state index contributed by atoms with van der Waals surface area (Å²) in [5, 5.41) is 6.53. The van der Waals surface area contributed by atoms with Crippen LogP contribution in [0.1, 0.15) is 24.2 Å². The number of carbonyl (C=O) groups excluding carboxylic acids is 1. The first-order chi connectivity index (χ1) is 16.8. The molecule has 35 heavy (non-hydrogen) atoms. The van der Waals surface area contributed by atoms with E-state index in [2.05, 4.69) is 10.6 Å². The van der Waals surface area contributed by atoms with Crippen LogP contribution in [0, 0.1) is 0 Å². The summed E-state index contributed by atoms with van der Waals surface area (Å²) in [6, 6.07) is 21.0. The third kappa shape index (κ3) is 5.67. The zero-order valence-corrected chi connectivity index (χ0v) is 20.3. The number of fused-ring (bicyclic) bond motifs is 1. The summed E-state index contributed by atoms with van der Waals surface area (Å²) in [7, 11) is 1.52. The highest BCUT2D eigenvalue weighted by molar-refractivity contribution is 7.80. The van der Waals surface area contributed by atoms with Crippen molar-refractivity contribution in [1.29, 1.82) is 0 Å². The van der Waals surface area contributed by atoms with Crippen LogP contribution in [0.4, 0.5) is 5.69 Å². The van der Waals surface area contributed by atoms with Crippen molar-refractivity contribution < 1.29 is 18.7 Å². The maximum Gasteiger partial charge on any atom is 0.344 e. The highest BCUT2D eigenvalue weighted by Gasteiger charge is 2.14. The molecular weight excluding hydrogens is 464 g/mol. The molecule has 0 aliphatic heterocycles. The molecule has 7 nitrogen and oxygen atoms in total. The number of anilines is 1.